The third kappa shape index (κ3) is 4.04. The van der Waals surface area contributed by atoms with E-state index in [0.29, 0.717) is 35.4 Å². The number of nitrogens with two attached hydrogens (primary N) is 1. The second kappa shape index (κ2) is 6.68. The van der Waals surface area contributed by atoms with E-state index in [2.05, 4.69) is 15.9 Å². The summed E-state index contributed by atoms with van der Waals surface area (Å²) in [5.74, 6) is 1.28. The van der Waals surface area contributed by atoms with Crippen LogP contribution in [0.4, 0.5) is 5.69 Å². The van der Waals surface area contributed by atoms with Crippen molar-refractivity contribution in [1.82, 2.24) is 0 Å². The minimum Gasteiger partial charge on any atom is -0.488 e. The summed E-state index contributed by atoms with van der Waals surface area (Å²) in [5, 5.41) is 0.572. The highest BCUT2D eigenvalue weighted by Gasteiger charge is 2.03. The monoisotopic (exact) mass is 341 g/mol. The smallest absolute Gasteiger partial charge is 0.142 e. The highest BCUT2D eigenvalue weighted by molar-refractivity contribution is 9.10. The Labute approximate surface area is 125 Å². The molecule has 100 valence electrons. The van der Waals surface area contributed by atoms with Crippen LogP contribution in [-0.4, -0.2) is 13.2 Å². The summed E-state index contributed by atoms with van der Waals surface area (Å²) in [6, 6.07) is 12.8. The molecule has 2 aromatic rings. The normalized spacial score (nSPS) is 10.2. The first-order chi connectivity index (χ1) is 9.16. The summed E-state index contributed by atoms with van der Waals surface area (Å²) in [5.41, 5.74) is 6.38. The van der Waals surface area contributed by atoms with Gasteiger partial charge >= 0.3 is 0 Å². The average Bonchev–Trinajstić information content (AvgIpc) is 2.40. The Hall–Kier alpha value is -1.39. The largest absolute Gasteiger partial charge is 0.488 e. The van der Waals surface area contributed by atoms with E-state index in [9.17, 15) is 0 Å². The predicted octanol–water partition coefficient (Wildman–Crippen LogP) is 4.14. The molecular weight excluding hydrogens is 330 g/mol. The van der Waals surface area contributed by atoms with Gasteiger partial charge in [0.25, 0.3) is 0 Å². The summed E-state index contributed by atoms with van der Waals surface area (Å²) in [6.07, 6.45) is 0. The van der Waals surface area contributed by atoms with Crippen molar-refractivity contribution in [1.29, 1.82) is 0 Å². The number of halogens is 2. The zero-order valence-electron chi connectivity index (χ0n) is 10.1. The van der Waals surface area contributed by atoms with Crippen molar-refractivity contribution in [3.63, 3.8) is 0 Å². The van der Waals surface area contributed by atoms with Crippen LogP contribution >= 0.6 is 27.5 Å². The van der Waals surface area contributed by atoms with E-state index in [4.69, 9.17) is 26.8 Å². The SMILES string of the molecule is Nc1ccccc1OCCOc1cc(Br)ccc1Cl. The molecule has 0 spiro atoms. The molecule has 0 saturated carbocycles. The molecule has 0 unspecified atom stereocenters. The van der Waals surface area contributed by atoms with Gasteiger partial charge < -0.3 is 15.2 Å². The minimum absolute atomic E-state index is 0.393. The molecule has 0 aliphatic rings. The number of ether oxygens (including phenoxy) is 2. The zero-order valence-corrected chi connectivity index (χ0v) is 12.4. The van der Waals surface area contributed by atoms with Gasteiger partial charge in [-0.3, -0.25) is 0 Å². The minimum atomic E-state index is 0.393. The molecule has 0 aromatic heterocycles. The number of para-hydroxylation sites is 2. The number of anilines is 1. The molecule has 0 aliphatic heterocycles. The van der Waals surface area contributed by atoms with E-state index in [1.54, 1.807) is 12.1 Å². The molecule has 0 amide bonds. The van der Waals surface area contributed by atoms with Gasteiger partial charge in [0.1, 0.15) is 24.7 Å². The first-order valence-corrected chi connectivity index (χ1v) is 6.89. The highest BCUT2D eigenvalue weighted by Crippen LogP contribution is 2.28. The Balaban J connectivity index is 1.84. The number of benzene rings is 2. The number of hydrogen-bond acceptors (Lipinski definition) is 3. The topological polar surface area (TPSA) is 44.5 Å². The lowest BCUT2D eigenvalue weighted by Crippen LogP contribution is -2.10. The summed E-state index contributed by atoms with van der Waals surface area (Å²) < 4.78 is 12.0. The van der Waals surface area contributed by atoms with Gasteiger partial charge in [-0.05, 0) is 30.3 Å². The number of rotatable bonds is 5. The molecule has 0 heterocycles. The summed E-state index contributed by atoms with van der Waals surface area (Å²) in [7, 11) is 0. The zero-order chi connectivity index (χ0) is 13.7. The molecule has 2 aromatic carbocycles. The molecule has 2 N–H and O–H groups in total. The predicted molar refractivity (Wildman–Crippen MR) is 81.0 cm³/mol. The van der Waals surface area contributed by atoms with Gasteiger partial charge in [-0.15, -0.1) is 0 Å². The van der Waals surface area contributed by atoms with Crippen LogP contribution in [0.5, 0.6) is 11.5 Å². The third-order valence-corrected chi connectivity index (χ3v) is 3.22. The van der Waals surface area contributed by atoms with Crippen LogP contribution in [0.25, 0.3) is 0 Å². The van der Waals surface area contributed by atoms with Crippen molar-refractivity contribution in [2.75, 3.05) is 18.9 Å². The molecule has 3 nitrogen and oxygen atoms in total. The average molecular weight is 343 g/mol. The Bertz CT molecular complexity index is 563. The molecule has 0 radical (unpaired) electrons. The van der Waals surface area contributed by atoms with Crippen LogP contribution in [0, 0.1) is 0 Å². The van der Waals surface area contributed by atoms with Gasteiger partial charge in [0.05, 0.1) is 10.7 Å². The quantitative estimate of drug-likeness (QED) is 0.656. The fourth-order valence-corrected chi connectivity index (χ4v) is 2.02. The highest BCUT2D eigenvalue weighted by atomic mass is 79.9. The maximum Gasteiger partial charge on any atom is 0.142 e. The van der Waals surface area contributed by atoms with Crippen molar-refractivity contribution >= 4 is 33.2 Å². The molecule has 2 rings (SSSR count). The first kappa shape index (κ1) is 14.0. The lowest BCUT2D eigenvalue weighted by Gasteiger charge is -2.11. The fourth-order valence-electron chi connectivity index (χ4n) is 1.50. The van der Waals surface area contributed by atoms with Gasteiger partial charge in [0, 0.05) is 4.47 Å². The fraction of sp³-hybridized carbons (Fsp3) is 0.143. The summed E-state index contributed by atoms with van der Waals surface area (Å²) in [4.78, 5) is 0. The second-order valence-electron chi connectivity index (χ2n) is 3.81. The van der Waals surface area contributed by atoms with Gasteiger partial charge in [-0.2, -0.15) is 0 Å². The van der Waals surface area contributed by atoms with Crippen LogP contribution < -0.4 is 15.2 Å². The van der Waals surface area contributed by atoms with Crippen LogP contribution in [0.2, 0.25) is 5.02 Å². The van der Waals surface area contributed by atoms with Crippen molar-refractivity contribution in [2.24, 2.45) is 0 Å². The lowest BCUT2D eigenvalue weighted by molar-refractivity contribution is 0.218. The van der Waals surface area contributed by atoms with Crippen molar-refractivity contribution in [2.45, 2.75) is 0 Å². The molecule has 0 aliphatic carbocycles. The molecular formula is C14H13BrClNO2. The van der Waals surface area contributed by atoms with Gasteiger partial charge in [0.2, 0.25) is 0 Å². The standard InChI is InChI=1S/C14H13BrClNO2/c15-10-5-6-11(16)14(9-10)19-8-7-18-13-4-2-1-3-12(13)17/h1-6,9H,7-8,17H2. The van der Waals surface area contributed by atoms with Crippen LogP contribution in [0.1, 0.15) is 0 Å². The third-order valence-electron chi connectivity index (χ3n) is 2.41. The van der Waals surface area contributed by atoms with Crippen LogP contribution in [0.15, 0.2) is 46.9 Å². The second-order valence-corrected chi connectivity index (χ2v) is 5.13. The van der Waals surface area contributed by atoms with E-state index in [-0.39, 0.29) is 0 Å². The number of nitrogen functional groups attached to an aromatic ring is 1. The Kier molecular flexibility index (Phi) is 4.93. The van der Waals surface area contributed by atoms with Gasteiger partial charge in [0.15, 0.2) is 0 Å². The van der Waals surface area contributed by atoms with Gasteiger partial charge in [-0.25, -0.2) is 0 Å². The Morgan fingerprint density at radius 3 is 2.42 bits per heavy atom. The maximum absolute atomic E-state index is 6.01. The molecule has 5 heteroatoms. The van der Waals surface area contributed by atoms with E-state index < -0.39 is 0 Å². The van der Waals surface area contributed by atoms with E-state index in [1.807, 2.05) is 30.3 Å². The van der Waals surface area contributed by atoms with Crippen molar-refractivity contribution in [3.8, 4) is 11.5 Å². The molecule has 0 atom stereocenters. The van der Waals surface area contributed by atoms with Crippen LogP contribution in [0.3, 0.4) is 0 Å². The Morgan fingerprint density at radius 2 is 1.68 bits per heavy atom. The van der Waals surface area contributed by atoms with Gasteiger partial charge in [-0.1, -0.05) is 39.7 Å². The van der Waals surface area contributed by atoms with E-state index in [0.717, 1.165) is 4.47 Å². The molecule has 0 saturated heterocycles. The van der Waals surface area contributed by atoms with Crippen molar-refractivity contribution < 1.29 is 9.47 Å². The molecule has 19 heavy (non-hydrogen) atoms. The molecule has 0 fully saturated rings. The maximum atomic E-state index is 6.01. The van der Waals surface area contributed by atoms with Crippen molar-refractivity contribution in [3.05, 3.63) is 52.0 Å². The van der Waals surface area contributed by atoms with E-state index >= 15 is 0 Å². The first-order valence-electron chi connectivity index (χ1n) is 5.72. The van der Waals surface area contributed by atoms with Crippen LogP contribution in [-0.2, 0) is 0 Å². The molecule has 0 bridgehead atoms. The number of hydrogen-bond donors (Lipinski definition) is 1. The summed E-state index contributed by atoms with van der Waals surface area (Å²) >= 11 is 9.38. The van der Waals surface area contributed by atoms with E-state index in [1.165, 1.54) is 0 Å². The summed E-state index contributed by atoms with van der Waals surface area (Å²) in [6.45, 7) is 0.793. The Morgan fingerprint density at radius 1 is 1.00 bits per heavy atom. The lowest BCUT2D eigenvalue weighted by atomic mass is 10.3.